The van der Waals surface area contributed by atoms with Gasteiger partial charge in [-0.15, -0.1) is 0 Å². The molecule has 0 spiro atoms. The third kappa shape index (κ3) is 2.36. The van der Waals surface area contributed by atoms with Gasteiger partial charge >= 0.3 is 0 Å². The van der Waals surface area contributed by atoms with E-state index >= 15 is 0 Å². The molecule has 1 atom stereocenters. The van der Waals surface area contributed by atoms with Gasteiger partial charge in [-0.3, -0.25) is 0 Å². The average Bonchev–Trinajstić information content (AvgIpc) is 3.07. The molecule has 3 rings (SSSR count). The van der Waals surface area contributed by atoms with Crippen LogP contribution in [-0.4, -0.2) is 23.4 Å². The lowest BCUT2D eigenvalue weighted by Crippen LogP contribution is -1.99. The van der Waals surface area contributed by atoms with Crippen molar-refractivity contribution in [1.82, 2.24) is 10.1 Å². The summed E-state index contributed by atoms with van der Waals surface area (Å²) in [6.07, 6.45) is 4.53. The van der Waals surface area contributed by atoms with Crippen molar-refractivity contribution in [3.63, 3.8) is 0 Å². The number of aromatic nitrogens is 2. The second-order valence-corrected chi connectivity index (χ2v) is 4.33. The van der Waals surface area contributed by atoms with Crippen molar-refractivity contribution in [2.24, 2.45) is 0 Å². The Hall–Kier alpha value is -1.88. The van der Waals surface area contributed by atoms with Crippen LogP contribution < -0.4 is 0 Å². The summed E-state index contributed by atoms with van der Waals surface area (Å²) >= 11 is 0. The fourth-order valence-corrected chi connectivity index (χ4v) is 1.92. The minimum absolute atomic E-state index is 0.266. The summed E-state index contributed by atoms with van der Waals surface area (Å²) in [6.45, 7) is 3.36. The maximum Gasteiger partial charge on any atom is 0.250 e. The van der Waals surface area contributed by atoms with Gasteiger partial charge in [-0.25, -0.2) is 0 Å². The number of ether oxygens (including phenoxy) is 1. The highest BCUT2D eigenvalue weighted by Gasteiger charge is 2.22. The standard InChI is InChI=1S/C13H14N2O3/c1-9-2-3-11(17-9)4-5-12-14-13(15-18-12)10-6-7-16-8-10/h2-5,10H,6-8H2,1H3/b5-4+/t10-/m1/s1. The fraction of sp³-hybridized carbons (Fsp3) is 0.385. The zero-order valence-electron chi connectivity index (χ0n) is 10.1. The molecule has 0 unspecified atom stereocenters. The van der Waals surface area contributed by atoms with Gasteiger partial charge in [0.2, 0.25) is 0 Å². The van der Waals surface area contributed by atoms with E-state index in [-0.39, 0.29) is 5.92 Å². The van der Waals surface area contributed by atoms with E-state index in [1.807, 2.05) is 25.1 Å². The summed E-state index contributed by atoms with van der Waals surface area (Å²) in [6, 6.07) is 3.81. The molecule has 5 heteroatoms. The van der Waals surface area contributed by atoms with Crippen molar-refractivity contribution in [3.8, 4) is 0 Å². The Balaban J connectivity index is 1.71. The molecule has 3 heterocycles. The van der Waals surface area contributed by atoms with Crippen molar-refractivity contribution in [1.29, 1.82) is 0 Å². The molecule has 1 aliphatic heterocycles. The second kappa shape index (κ2) is 4.78. The maximum atomic E-state index is 5.42. The number of rotatable bonds is 3. The largest absolute Gasteiger partial charge is 0.462 e. The predicted molar refractivity (Wildman–Crippen MR) is 64.8 cm³/mol. The van der Waals surface area contributed by atoms with Gasteiger partial charge in [0.1, 0.15) is 11.5 Å². The maximum absolute atomic E-state index is 5.42. The molecule has 0 saturated carbocycles. The van der Waals surface area contributed by atoms with Crippen molar-refractivity contribution >= 4 is 12.2 Å². The molecule has 0 aliphatic carbocycles. The van der Waals surface area contributed by atoms with E-state index in [4.69, 9.17) is 13.7 Å². The average molecular weight is 246 g/mol. The number of furan rings is 1. The first kappa shape index (κ1) is 11.2. The smallest absolute Gasteiger partial charge is 0.250 e. The Morgan fingerprint density at radius 2 is 2.28 bits per heavy atom. The lowest BCUT2D eigenvalue weighted by molar-refractivity contribution is 0.192. The molecule has 1 fully saturated rings. The second-order valence-electron chi connectivity index (χ2n) is 4.33. The molecule has 2 aromatic heterocycles. The van der Waals surface area contributed by atoms with E-state index < -0.39 is 0 Å². The Bertz CT molecular complexity index is 550. The molecular weight excluding hydrogens is 232 g/mol. The summed E-state index contributed by atoms with van der Waals surface area (Å²) in [5.41, 5.74) is 0. The first-order chi connectivity index (χ1) is 8.81. The molecule has 18 heavy (non-hydrogen) atoms. The van der Waals surface area contributed by atoms with Gasteiger partial charge in [0.15, 0.2) is 5.82 Å². The van der Waals surface area contributed by atoms with Gasteiger partial charge in [-0.2, -0.15) is 4.98 Å². The van der Waals surface area contributed by atoms with E-state index in [0.29, 0.717) is 12.5 Å². The van der Waals surface area contributed by atoms with Crippen molar-refractivity contribution in [3.05, 3.63) is 35.4 Å². The van der Waals surface area contributed by atoms with Crippen LogP contribution in [0.5, 0.6) is 0 Å². The summed E-state index contributed by atoms with van der Waals surface area (Å²) < 4.78 is 15.9. The number of nitrogens with zero attached hydrogens (tertiary/aromatic N) is 2. The SMILES string of the molecule is Cc1ccc(/C=C/c2nc([C@@H]3CCOC3)no2)o1. The van der Waals surface area contributed by atoms with Gasteiger partial charge in [0, 0.05) is 18.6 Å². The Labute approximate surface area is 104 Å². The van der Waals surface area contributed by atoms with Crippen LogP contribution in [0.2, 0.25) is 0 Å². The molecule has 94 valence electrons. The minimum atomic E-state index is 0.266. The Morgan fingerprint density at radius 1 is 1.33 bits per heavy atom. The van der Waals surface area contributed by atoms with Crippen molar-refractivity contribution in [2.45, 2.75) is 19.3 Å². The Morgan fingerprint density at radius 3 is 3.00 bits per heavy atom. The van der Waals surface area contributed by atoms with Crippen LogP contribution in [0, 0.1) is 6.92 Å². The fourth-order valence-electron chi connectivity index (χ4n) is 1.92. The third-order valence-corrected chi connectivity index (χ3v) is 2.90. The molecule has 1 saturated heterocycles. The van der Waals surface area contributed by atoms with Crippen LogP contribution in [0.15, 0.2) is 21.1 Å². The van der Waals surface area contributed by atoms with Gasteiger partial charge in [-0.05, 0) is 31.6 Å². The van der Waals surface area contributed by atoms with Crippen LogP contribution in [0.25, 0.3) is 12.2 Å². The van der Waals surface area contributed by atoms with Crippen LogP contribution >= 0.6 is 0 Å². The van der Waals surface area contributed by atoms with E-state index in [0.717, 1.165) is 30.4 Å². The Kier molecular flexibility index (Phi) is 2.98. The van der Waals surface area contributed by atoms with Crippen LogP contribution in [0.3, 0.4) is 0 Å². The molecule has 0 radical (unpaired) electrons. The highest BCUT2D eigenvalue weighted by molar-refractivity contribution is 5.62. The predicted octanol–water partition coefficient (Wildman–Crippen LogP) is 2.65. The monoisotopic (exact) mass is 246 g/mol. The van der Waals surface area contributed by atoms with E-state index in [9.17, 15) is 0 Å². The van der Waals surface area contributed by atoms with E-state index in [2.05, 4.69) is 10.1 Å². The highest BCUT2D eigenvalue weighted by atomic mass is 16.5. The van der Waals surface area contributed by atoms with Crippen molar-refractivity contribution < 1.29 is 13.7 Å². The molecule has 2 aromatic rings. The first-order valence-electron chi connectivity index (χ1n) is 5.97. The zero-order chi connectivity index (χ0) is 12.4. The van der Waals surface area contributed by atoms with Gasteiger partial charge < -0.3 is 13.7 Å². The lowest BCUT2D eigenvalue weighted by Gasteiger charge is -1.97. The van der Waals surface area contributed by atoms with Gasteiger partial charge in [0.25, 0.3) is 5.89 Å². The molecule has 0 bridgehead atoms. The van der Waals surface area contributed by atoms with Gasteiger partial charge in [0.05, 0.1) is 6.61 Å². The minimum Gasteiger partial charge on any atom is -0.462 e. The molecule has 0 N–H and O–H groups in total. The van der Waals surface area contributed by atoms with Crippen LogP contribution in [-0.2, 0) is 4.74 Å². The molecule has 0 amide bonds. The quantitative estimate of drug-likeness (QED) is 0.833. The molecule has 0 aromatic carbocycles. The van der Waals surface area contributed by atoms with Crippen molar-refractivity contribution in [2.75, 3.05) is 13.2 Å². The molecule has 5 nitrogen and oxygen atoms in total. The first-order valence-corrected chi connectivity index (χ1v) is 5.97. The lowest BCUT2D eigenvalue weighted by atomic mass is 10.1. The summed E-state index contributed by atoms with van der Waals surface area (Å²) in [5.74, 6) is 3.14. The number of hydrogen-bond donors (Lipinski definition) is 0. The third-order valence-electron chi connectivity index (χ3n) is 2.90. The summed E-state index contributed by atoms with van der Waals surface area (Å²) in [4.78, 5) is 4.33. The van der Waals surface area contributed by atoms with Crippen LogP contribution in [0.4, 0.5) is 0 Å². The molecule has 1 aliphatic rings. The highest BCUT2D eigenvalue weighted by Crippen LogP contribution is 2.22. The normalized spacial score (nSPS) is 19.9. The van der Waals surface area contributed by atoms with Crippen LogP contribution in [0.1, 0.15) is 35.6 Å². The number of aryl methyl sites for hydroxylation is 1. The van der Waals surface area contributed by atoms with Gasteiger partial charge in [-0.1, -0.05) is 5.16 Å². The van der Waals surface area contributed by atoms with E-state index in [1.54, 1.807) is 6.08 Å². The summed E-state index contributed by atoms with van der Waals surface area (Å²) in [5, 5.41) is 3.97. The number of hydrogen-bond acceptors (Lipinski definition) is 5. The topological polar surface area (TPSA) is 61.3 Å². The molecular formula is C13H14N2O3. The summed E-state index contributed by atoms with van der Waals surface area (Å²) in [7, 11) is 0. The zero-order valence-corrected chi connectivity index (χ0v) is 10.1. The van der Waals surface area contributed by atoms with E-state index in [1.165, 1.54) is 0 Å².